The first-order valence-electron chi connectivity index (χ1n) is 7.18. The van der Waals surface area contributed by atoms with Gasteiger partial charge in [-0.05, 0) is 49.4 Å². The Hall–Kier alpha value is -2.42. The minimum absolute atomic E-state index is 0.0224. The molecule has 0 radical (unpaired) electrons. The van der Waals surface area contributed by atoms with Crippen LogP contribution in [0.25, 0.3) is 5.69 Å². The van der Waals surface area contributed by atoms with Crippen LogP contribution in [0.15, 0.2) is 52.4 Å². The number of rotatable bonds is 4. The fourth-order valence-electron chi connectivity index (χ4n) is 2.34. The molecule has 10 heteroatoms. The number of carboxylic acids is 1. The molecular weight excluding hydrogens is 401 g/mol. The Bertz CT molecular complexity index is 1110. The highest BCUT2D eigenvalue weighted by Crippen LogP contribution is 2.30. The van der Waals surface area contributed by atoms with Crippen molar-refractivity contribution in [2.24, 2.45) is 0 Å². The van der Waals surface area contributed by atoms with Crippen LogP contribution >= 0.6 is 23.2 Å². The highest BCUT2D eigenvalue weighted by atomic mass is 35.5. The molecule has 1 N–H and O–H groups in total. The number of benzene rings is 2. The first kappa shape index (κ1) is 18.4. The van der Waals surface area contributed by atoms with Crippen molar-refractivity contribution in [3.63, 3.8) is 0 Å². The van der Waals surface area contributed by atoms with Crippen molar-refractivity contribution in [1.82, 2.24) is 15.0 Å². The molecule has 26 heavy (non-hydrogen) atoms. The summed E-state index contributed by atoms with van der Waals surface area (Å²) in [4.78, 5) is 10.8. The van der Waals surface area contributed by atoms with Crippen molar-refractivity contribution in [3.8, 4) is 5.69 Å². The molecule has 0 spiro atoms. The molecular formula is C16H11Cl2N3O4S. The fraction of sp³-hybridized carbons (Fsp3) is 0.0625. The van der Waals surface area contributed by atoms with Gasteiger partial charge in [0, 0.05) is 5.02 Å². The lowest BCUT2D eigenvalue weighted by molar-refractivity contribution is 0.0697. The van der Waals surface area contributed by atoms with Gasteiger partial charge >= 0.3 is 5.97 Å². The van der Waals surface area contributed by atoms with Crippen molar-refractivity contribution in [2.75, 3.05) is 0 Å². The standard InChI is InChI=1S/C16H11Cl2N3O4S/c1-9-15(26(24,25)14-8-11(17)4-7-13(14)18)19-20-21(9)12-5-2-10(3-6-12)16(22)23/h2-8H,1H3,(H,22,23). The van der Waals surface area contributed by atoms with E-state index in [-0.39, 0.29) is 31.2 Å². The molecule has 0 atom stereocenters. The number of aromatic nitrogens is 3. The monoisotopic (exact) mass is 411 g/mol. The van der Waals surface area contributed by atoms with E-state index in [1.807, 2.05) is 0 Å². The molecule has 0 aliphatic heterocycles. The molecule has 2 aromatic carbocycles. The van der Waals surface area contributed by atoms with E-state index in [2.05, 4.69) is 10.3 Å². The Balaban J connectivity index is 2.08. The molecule has 0 bridgehead atoms. The van der Waals surface area contributed by atoms with E-state index in [9.17, 15) is 13.2 Å². The van der Waals surface area contributed by atoms with E-state index in [4.69, 9.17) is 28.3 Å². The van der Waals surface area contributed by atoms with Gasteiger partial charge < -0.3 is 5.11 Å². The van der Waals surface area contributed by atoms with Gasteiger partial charge in [0.1, 0.15) is 0 Å². The zero-order chi connectivity index (χ0) is 19.1. The van der Waals surface area contributed by atoms with Gasteiger partial charge in [-0.15, -0.1) is 5.10 Å². The number of carboxylic acid groups (broad SMARTS) is 1. The first-order valence-corrected chi connectivity index (χ1v) is 9.42. The molecule has 0 fully saturated rings. The maximum Gasteiger partial charge on any atom is 0.335 e. The predicted octanol–water partition coefficient (Wildman–Crippen LogP) is 3.41. The summed E-state index contributed by atoms with van der Waals surface area (Å²) < 4.78 is 27.1. The summed E-state index contributed by atoms with van der Waals surface area (Å²) in [6, 6.07) is 9.92. The number of sulfone groups is 1. The molecule has 134 valence electrons. The van der Waals surface area contributed by atoms with Crippen LogP contribution in [0, 0.1) is 6.92 Å². The predicted molar refractivity (Wildman–Crippen MR) is 95.0 cm³/mol. The lowest BCUT2D eigenvalue weighted by Gasteiger charge is -2.07. The summed E-state index contributed by atoms with van der Waals surface area (Å²) in [5.41, 5.74) is 0.827. The van der Waals surface area contributed by atoms with E-state index < -0.39 is 15.8 Å². The van der Waals surface area contributed by atoms with Gasteiger partial charge in [-0.3, -0.25) is 0 Å². The molecule has 0 unspecified atom stereocenters. The molecule has 7 nitrogen and oxygen atoms in total. The number of carbonyl (C=O) groups is 1. The van der Waals surface area contributed by atoms with Gasteiger partial charge in [-0.25, -0.2) is 17.9 Å². The molecule has 3 aromatic rings. The third-order valence-electron chi connectivity index (χ3n) is 3.65. The molecule has 0 saturated heterocycles. The Kier molecular flexibility index (Phi) is 4.74. The highest BCUT2D eigenvalue weighted by molar-refractivity contribution is 7.91. The lowest BCUT2D eigenvalue weighted by Crippen LogP contribution is -2.06. The summed E-state index contributed by atoms with van der Waals surface area (Å²) in [5.74, 6) is -1.06. The minimum atomic E-state index is -4.04. The van der Waals surface area contributed by atoms with Crippen LogP contribution in [0.5, 0.6) is 0 Å². The molecule has 0 aliphatic rings. The SMILES string of the molecule is Cc1c(S(=O)(=O)c2cc(Cl)ccc2Cl)nnn1-c1ccc(C(=O)O)cc1. The second-order valence-corrected chi connectivity index (χ2v) is 8.00. The van der Waals surface area contributed by atoms with E-state index in [0.29, 0.717) is 5.69 Å². The van der Waals surface area contributed by atoms with Gasteiger partial charge in [0.15, 0.2) is 0 Å². The highest BCUT2D eigenvalue weighted by Gasteiger charge is 2.28. The normalized spacial score (nSPS) is 11.5. The summed E-state index contributed by atoms with van der Waals surface area (Å²) in [6.45, 7) is 1.54. The van der Waals surface area contributed by atoms with Gasteiger partial charge in [-0.2, -0.15) is 0 Å². The third kappa shape index (κ3) is 3.18. The molecule has 0 saturated carbocycles. The van der Waals surface area contributed by atoms with E-state index >= 15 is 0 Å². The number of aromatic carboxylic acids is 1. The first-order chi connectivity index (χ1) is 12.2. The Morgan fingerprint density at radius 2 is 1.77 bits per heavy atom. The number of nitrogens with zero attached hydrogens (tertiary/aromatic N) is 3. The van der Waals surface area contributed by atoms with Crippen LogP contribution in [-0.4, -0.2) is 34.5 Å². The Labute approximate surface area is 158 Å². The van der Waals surface area contributed by atoms with Crippen LogP contribution in [0.3, 0.4) is 0 Å². The van der Waals surface area contributed by atoms with E-state index in [1.165, 1.54) is 54.1 Å². The minimum Gasteiger partial charge on any atom is -0.478 e. The lowest BCUT2D eigenvalue weighted by atomic mass is 10.2. The molecule has 0 amide bonds. The average Bonchev–Trinajstić information content (AvgIpc) is 2.99. The maximum atomic E-state index is 12.9. The second kappa shape index (κ2) is 6.71. The van der Waals surface area contributed by atoms with Gasteiger partial charge in [-0.1, -0.05) is 28.4 Å². The van der Waals surface area contributed by atoms with Gasteiger partial charge in [0.2, 0.25) is 14.9 Å². The number of hydrogen-bond donors (Lipinski definition) is 1. The van der Waals surface area contributed by atoms with Crippen molar-refractivity contribution in [1.29, 1.82) is 0 Å². The summed E-state index contributed by atoms with van der Waals surface area (Å²) in [5, 5.41) is 16.6. The Morgan fingerprint density at radius 3 is 2.38 bits per heavy atom. The second-order valence-electron chi connectivity index (χ2n) is 5.32. The topological polar surface area (TPSA) is 102 Å². The summed E-state index contributed by atoms with van der Waals surface area (Å²) in [6.07, 6.45) is 0. The van der Waals surface area contributed by atoms with Crippen LogP contribution in [0.1, 0.15) is 16.1 Å². The third-order valence-corrected chi connectivity index (χ3v) is 6.13. The van der Waals surface area contributed by atoms with Gasteiger partial charge in [0.05, 0.1) is 26.9 Å². The van der Waals surface area contributed by atoms with E-state index in [0.717, 1.165) is 0 Å². The summed E-state index contributed by atoms with van der Waals surface area (Å²) in [7, 11) is -4.04. The van der Waals surface area contributed by atoms with E-state index in [1.54, 1.807) is 0 Å². The van der Waals surface area contributed by atoms with Crippen LogP contribution in [0.4, 0.5) is 0 Å². The quantitative estimate of drug-likeness (QED) is 0.705. The summed E-state index contributed by atoms with van der Waals surface area (Å²) >= 11 is 11.9. The number of halogens is 2. The van der Waals surface area contributed by atoms with Crippen LogP contribution in [-0.2, 0) is 9.84 Å². The number of hydrogen-bond acceptors (Lipinski definition) is 5. The zero-order valence-corrected chi connectivity index (χ0v) is 15.5. The fourth-order valence-corrected chi connectivity index (χ4v) is 4.43. The molecule has 1 heterocycles. The average molecular weight is 412 g/mol. The molecule has 3 rings (SSSR count). The maximum absolute atomic E-state index is 12.9. The molecule has 1 aromatic heterocycles. The van der Waals surface area contributed by atoms with Crippen LogP contribution in [0.2, 0.25) is 10.0 Å². The van der Waals surface area contributed by atoms with Crippen molar-refractivity contribution >= 4 is 39.0 Å². The van der Waals surface area contributed by atoms with Crippen molar-refractivity contribution in [3.05, 3.63) is 63.8 Å². The smallest absolute Gasteiger partial charge is 0.335 e. The van der Waals surface area contributed by atoms with Crippen LogP contribution < -0.4 is 0 Å². The molecule has 0 aliphatic carbocycles. The largest absolute Gasteiger partial charge is 0.478 e. The zero-order valence-electron chi connectivity index (χ0n) is 13.2. The van der Waals surface area contributed by atoms with Crippen molar-refractivity contribution < 1.29 is 18.3 Å². The van der Waals surface area contributed by atoms with Gasteiger partial charge in [0.25, 0.3) is 0 Å². The Morgan fingerprint density at radius 1 is 1.12 bits per heavy atom. The van der Waals surface area contributed by atoms with Crippen molar-refractivity contribution in [2.45, 2.75) is 16.8 Å².